The van der Waals surface area contributed by atoms with Crippen LogP contribution in [0, 0.1) is 0 Å². The van der Waals surface area contributed by atoms with Gasteiger partial charge in [-0.05, 0) is 24.4 Å². The first-order valence-corrected chi connectivity index (χ1v) is 7.40. The number of carbonyl (C=O) groups is 1. The maximum absolute atomic E-state index is 12.2. The van der Waals surface area contributed by atoms with Gasteiger partial charge in [0.25, 0.3) is 5.91 Å². The second-order valence-corrected chi connectivity index (χ2v) is 6.94. The molecule has 1 aromatic rings. The summed E-state index contributed by atoms with van der Waals surface area (Å²) in [7, 11) is 0. The van der Waals surface area contributed by atoms with Crippen LogP contribution in [0.25, 0.3) is 0 Å². The molecule has 0 heterocycles. The van der Waals surface area contributed by atoms with E-state index in [0.29, 0.717) is 10.7 Å². The van der Waals surface area contributed by atoms with E-state index in [0.717, 1.165) is 0 Å². The third-order valence-electron chi connectivity index (χ3n) is 2.15. The Morgan fingerprint density at radius 1 is 1.29 bits per heavy atom. The number of amides is 1. The lowest BCUT2D eigenvalue weighted by atomic mass is 10.3. The normalized spacial score (nSPS) is 12.4. The fourth-order valence-electron chi connectivity index (χ4n) is 1.25. The van der Waals surface area contributed by atoms with Gasteiger partial charge in [0.1, 0.15) is 6.17 Å². The molecule has 0 fully saturated rings. The number of nitrogens with one attached hydrogen (secondary N) is 3. The van der Waals surface area contributed by atoms with Gasteiger partial charge < -0.3 is 16.0 Å². The smallest absolute Gasteiger partial charge is 0.253 e. The minimum Gasteiger partial charge on any atom is -0.339 e. The summed E-state index contributed by atoms with van der Waals surface area (Å²) in [6.07, 6.45) is -1.21. The van der Waals surface area contributed by atoms with Crippen molar-refractivity contribution in [1.82, 2.24) is 10.6 Å². The summed E-state index contributed by atoms with van der Waals surface area (Å²) in [6.45, 7) is -1.25. The van der Waals surface area contributed by atoms with Crippen molar-refractivity contribution in [2.24, 2.45) is 0 Å². The van der Waals surface area contributed by atoms with E-state index in [-0.39, 0.29) is 5.11 Å². The number of hydrogen-bond acceptors (Lipinski definition) is 2. The number of rotatable bonds is 4. The third kappa shape index (κ3) is 6.40. The highest BCUT2D eigenvalue weighted by atomic mass is 35.6. The van der Waals surface area contributed by atoms with E-state index in [9.17, 15) is 9.18 Å². The molecule has 0 aromatic heterocycles. The fraction of sp³-hybridized carbons (Fsp3) is 0.273. The zero-order valence-corrected chi connectivity index (χ0v) is 14.1. The van der Waals surface area contributed by atoms with Crippen LogP contribution in [-0.2, 0) is 4.79 Å². The third-order valence-corrected chi connectivity index (χ3v) is 3.36. The molecule has 3 N–H and O–H groups in total. The zero-order valence-electron chi connectivity index (χ0n) is 10.3. The van der Waals surface area contributed by atoms with Crippen molar-refractivity contribution in [3.63, 3.8) is 0 Å². The average Bonchev–Trinajstić information content (AvgIpc) is 2.39. The van der Waals surface area contributed by atoms with E-state index in [1.807, 2.05) is 0 Å². The summed E-state index contributed by atoms with van der Waals surface area (Å²) < 4.78 is 10.3. The first-order chi connectivity index (χ1) is 9.74. The quantitative estimate of drug-likeness (QED) is 0.417. The Hall–Kier alpha value is -0.530. The monoisotopic (exact) mass is 391 g/mol. The van der Waals surface area contributed by atoms with Crippen LogP contribution in [0.4, 0.5) is 10.1 Å². The number of thiocarbonyl (C=S) groups is 1. The minimum absolute atomic E-state index is 0.0404. The van der Waals surface area contributed by atoms with Crippen LogP contribution in [0.3, 0.4) is 0 Å². The van der Waals surface area contributed by atoms with Crippen molar-refractivity contribution in [2.75, 3.05) is 12.0 Å². The number of alkyl halides is 4. The topological polar surface area (TPSA) is 53.2 Å². The van der Waals surface area contributed by atoms with Gasteiger partial charge in [0.05, 0.1) is 10.7 Å². The van der Waals surface area contributed by atoms with Gasteiger partial charge in [-0.1, -0.05) is 58.5 Å². The number of carbonyl (C=O) groups excluding carboxylic acids is 1. The summed E-state index contributed by atoms with van der Waals surface area (Å²) in [5.41, 5.74) is 0.525. The molecule has 116 valence electrons. The Kier molecular flexibility index (Phi) is 7.23. The van der Waals surface area contributed by atoms with Crippen molar-refractivity contribution >= 4 is 75.3 Å². The molecule has 0 radical (unpaired) electrons. The van der Waals surface area contributed by atoms with Gasteiger partial charge in [0.15, 0.2) is 11.8 Å². The van der Waals surface area contributed by atoms with Gasteiger partial charge in [0, 0.05) is 0 Å². The molecule has 1 rings (SSSR count). The Labute approximate surface area is 146 Å². The molecular formula is C11H10Cl4FN3OS. The van der Waals surface area contributed by atoms with Crippen LogP contribution in [-0.4, -0.2) is 27.7 Å². The van der Waals surface area contributed by atoms with Crippen LogP contribution >= 0.6 is 58.6 Å². The Balaban J connectivity index is 2.73. The van der Waals surface area contributed by atoms with Gasteiger partial charge in [-0.25, -0.2) is 4.39 Å². The summed E-state index contributed by atoms with van der Waals surface area (Å²) in [5, 5.41) is 7.96. The lowest BCUT2D eigenvalue weighted by Gasteiger charge is -2.27. The molecule has 1 amide bonds. The number of halogens is 5. The highest BCUT2D eigenvalue weighted by Crippen LogP contribution is 2.29. The summed E-state index contributed by atoms with van der Waals surface area (Å²) in [5.74, 6) is -0.945. The molecule has 1 atom stereocenters. The maximum atomic E-state index is 12.2. The molecular weight excluding hydrogens is 383 g/mol. The number of para-hydroxylation sites is 1. The largest absolute Gasteiger partial charge is 0.339 e. The highest BCUT2D eigenvalue weighted by Gasteiger charge is 2.34. The summed E-state index contributed by atoms with van der Waals surface area (Å²) in [6, 6.07) is 6.83. The molecule has 0 bridgehead atoms. The number of benzene rings is 1. The van der Waals surface area contributed by atoms with Crippen LogP contribution in [0.2, 0.25) is 5.02 Å². The van der Waals surface area contributed by atoms with E-state index in [1.165, 1.54) is 0 Å². The highest BCUT2D eigenvalue weighted by molar-refractivity contribution is 7.80. The number of hydrogen-bond donors (Lipinski definition) is 3. The molecule has 0 unspecified atom stereocenters. The maximum Gasteiger partial charge on any atom is 0.253 e. The standard InChI is InChI=1S/C11H10Cl4FN3OS/c12-6-3-1-2-4-7(6)17-10(21)19-9(11(13,14)15)18-8(20)5-16/h1-4,9H,5H2,(H,18,20)(H2,17,19,21)/t9-/m1/s1. The molecule has 0 aliphatic heterocycles. The van der Waals surface area contributed by atoms with Crippen molar-refractivity contribution < 1.29 is 9.18 Å². The van der Waals surface area contributed by atoms with Crippen molar-refractivity contribution in [3.05, 3.63) is 29.3 Å². The van der Waals surface area contributed by atoms with Crippen LogP contribution in [0.15, 0.2) is 24.3 Å². The Morgan fingerprint density at radius 3 is 2.43 bits per heavy atom. The predicted molar refractivity (Wildman–Crippen MR) is 89.0 cm³/mol. The van der Waals surface area contributed by atoms with Gasteiger partial charge in [0.2, 0.25) is 3.79 Å². The molecule has 0 aliphatic carbocycles. The van der Waals surface area contributed by atoms with E-state index >= 15 is 0 Å². The molecule has 21 heavy (non-hydrogen) atoms. The SMILES string of the molecule is O=C(CF)N[C@H](NC(=S)Nc1ccccc1Cl)C(Cl)(Cl)Cl. The molecule has 10 heteroatoms. The Bertz CT molecular complexity index is 526. The van der Waals surface area contributed by atoms with Crippen molar-refractivity contribution in [2.45, 2.75) is 9.96 Å². The van der Waals surface area contributed by atoms with Gasteiger partial charge in [-0.3, -0.25) is 4.79 Å². The lowest BCUT2D eigenvalue weighted by Crippen LogP contribution is -2.56. The zero-order chi connectivity index (χ0) is 16.0. The first-order valence-electron chi connectivity index (χ1n) is 5.48. The molecule has 4 nitrogen and oxygen atoms in total. The fourth-order valence-corrected chi connectivity index (χ4v) is 1.99. The number of anilines is 1. The van der Waals surface area contributed by atoms with Gasteiger partial charge in [-0.15, -0.1) is 0 Å². The molecule has 0 spiro atoms. The van der Waals surface area contributed by atoms with Crippen LogP contribution in [0.5, 0.6) is 0 Å². The van der Waals surface area contributed by atoms with E-state index < -0.39 is 22.5 Å². The van der Waals surface area contributed by atoms with E-state index in [1.54, 1.807) is 24.3 Å². The summed E-state index contributed by atoms with van der Waals surface area (Å²) >= 11 is 28.1. The molecule has 0 aliphatic rings. The van der Waals surface area contributed by atoms with E-state index in [4.69, 9.17) is 58.6 Å². The Morgan fingerprint density at radius 2 is 1.90 bits per heavy atom. The lowest BCUT2D eigenvalue weighted by molar-refractivity contribution is -0.122. The summed E-state index contributed by atoms with van der Waals surface area (Å²) in [4.78, 5) is 11.1. The molecule has 1 aromatic carbocycles. The second-order valence-electron chi connectivity index (χ2n) is 3.75. The van der Waals surface area contributed by atoms with Crippen LogP contribution in [0.1, 0.15) is 0 Å². The minimum atomic E-state index is -1.93. The van der Waals surface area contributed by atoms with Crippen molar-refractivity contribution in [3.8, 4) is 0 Å². The first kappa shape index (κ1) is 18.5. The predicted octanol–water partition coefficient (Wildman–Crippen LogP) is 3.41. The van der Waals surface area contributed by atoms with Crippen molar-refractivity contribution in [1.29, 1.82) is 0 Å². The molecule has 0 saturated heterocycles. The molecule has 0 saturated carbocycles. The second kappa shape index (κ2) is 8.19. The van der Waals surface area contributed by atoms with E-state index in [2.05, 4.69) is 16.0 Å². The average molecular weight is 393 g/mol. The van der Waals surface area contributed by atoms with Crippen LogP contribution < -0.4 is 16.0 Å². The van der Waals surface area contributed by atoms with Gasteiger partial charge in [-0.2, -0.15) is 0 Å². The van der Waals surface area contributed by atoms with Gasteiger partial charge >= 0.3 is 0 Å².